The van der Waals surface area contributed by atoms with Crippen LogP contribution in [0, 0.1) is 10.8 Å². The van der Waals surface area contributed by atoms with Crippen LogP contribution in [0.25, 0.3) is 0 Å². The van der Waals surface area contributed by atoms with Crippen molar-refractivity contribution in [2.75, 3.05) is 6.54 Å². The molecule has 1 saturated heterocycles. The van der Waals surface area contributed by atoms with Gasteiger partial charge in [0.2, 0.25) is 0 Å². The lowest BCUT2D eigenvalue weighted by molar-refractivity contribution is 0.312. The number of nitrogens with zero attached hydrogens (tertiary/aromatic N) is 1. The minimum atomic E-state index is 0.0389. The summed E-state index contributed by atoms with van der Waals surface area (Å²) in [6.45, 7) is 11.1. The molecule has 0 saturated carbocycles. The minimum Gasteiger partial charge on any atom is -0.335 e. The van der Waals surface area contributed by atoms with Gasteiger partial charge in [0, 0.05) is 17.7 Å². The van der Waals surface area contributed by atoms with Crippen LogP contribution in [-0.4, -0.2) is 17.3 Å². The van der Waals surface area contributed by atoms with E-state index in [0.717, 1.165) is 24.5 Å². The first kappa shape index (κ1) is 9.30. The fraction of sp³-hybridized carbons (Fsp3) is 0.700. The molecule has 0 atom stereocenters. The zero-order valence-corrected chi connectivity index (χ0v) is 8.28. The number of hydrogen-bond donors (Lipinski definition) is 1. The molecule has 0 aromatic carbocycles. The highest BCUT2D eigenvalue weighted by Crippen LogP contribution is 2.31. The topological polar surface area (TPSA) is 27.1 Å². The van der Waals surface area contributed by atoms with Crippen LogP contribution >= 0.6 is 0 Å². The maximum absolute atomic E-state index is 7.94. The number of amidine groups is 1. The molecule has 0 aromatic rings. The van der Waals surface area contributed by atoms with Crippen molar-refractivity contribution in [1.82, 2.24) is 4.90 Å². The Kier molecular flexibility index (Phi) is 2.27. The predicted molar refractivity (Wildman–Crippen MR) is 52.3 cm³/mol. The summed E-state index contributed by atoms with van der Waals surface area (Å²) < 4.78 is 0. The summed E-state index contributed by atoms with van der Waals surface area (Å²) in [5, 5.41) is 7.94. The maximum atomic E-state index is 7.94. The van der Waals surface area contributed by atoms with Gasteiger partial charge in [0.25, 0.3) is 0 Å². The Morgan fingerprint density at radius 3 is 2.58 bits per heavy atom. The van der Waals surface area contributed by atoms with Crippen LogP contribution in [-0.2, 0) is 0 Å². The third kappa shape index (κ3) is 1.52. The Bertz CT molecular complexity index is 216. The highest BCUT2D eigenvalue weighted by molar-refractivity contribution is 5.86. The molecule has 0 unspecified atom stereocenters. The monoisotopic (exact) mass is 166 g/mol. The second kappa shape index (κ2) is 2.92. The first-order valence-corrected chi connectivity index (χ1v) is 4.47. The Morgan fingerprint density at radius 2 is 2.17 bits per heavy atom. The number of rotatable bonds is 1. The van der Waals surface area contributed by atoms with Gasteiger partial charge in [-0.15, -0.1) is 0 Å². The van der Waals surface area contributed by atoms with Crippen molar-refractivity contribution < 1.29 is 0 Å². The molecule has 1 N–H and O–H groups in total. The Balaban J connectivity index is 2.80. The lowest BCUT2D eigenvalue weighted by atomic mass is 9.82. The van der Waals surface area contributed by atoms with Gasteiger partial charge in [0.15, 0.2) is 0 Å². The van der Waals surface area contributed by atoms with E-state index in [4.69, 9.17) is 5.41 Å². The SMILES string of the molecule is C=C(C)N1CCCC(C)(C)C1=N. The maximum Gasteiger partial charge on any atom is 0.106 e. The average Bonchev–Trinajstić information content (AvgIpc) is 1.94. The van der Waals surface area contributed by atoms with E-state index in [1.807, 2.05) is 11.8 Å². The van der Waals surface area contributed by atoms with Gasteiger partial charge in [-0.3, -0.25) is 5.41 Å². The molecule has 2 heteroatoms. The lowest BCUT2D eigenvalue weighted by Crippen LogP contribution is -2.44. The zero-order valence-electron chi connectivity index (χ0n) is 8.28. The van der Waals surface area contributed by atoms with Crippen molar-refractivity contribution in [2.24, 2.45) is 5.41 Å². The van der Waals surface area contributed by atoms with E-state index < -0.39 is 0 Å². The molecular formula is C10H18N2. The van der Waals surface area contributed by atoms with Gasteiger partial charge in [-0.25, -0.2) is 0 Å². The summed E-state index contributed by atoms with van der Waals surface area (Å²) in [6.07, 6.45) is 2.29. The Hall–Kier alpha value is -0.790. The standard InChI is InChI=1S/C10H18N2/c1-8(2)12-7-5-6-10(3,4)9(12)11/h11H,1,5-7H2,2-4H3. The molecule has 1 aliphatic heterocycles. The average molecular weight is 166 g/mol. The number of nitrogens with one attached hydrogen (secondary N) is 1. The molecule has 0 amide bonds. The summed E-state index contributed by atoms with van der Waals surface area (Å²) in [6, 6.07) is 0. The zero-order chi connectivity index (χ0) is 9.35. The van der Waals surface area contributed by atoms with Crippen molar-refractivity contribution >= 4 is 5.84 Å². The number of hydrogen-bond acceptors (Lipinski definition) is 1. The van der Waals surface area contributed by atoms with Crippen LogP contribution in [0.15, 0.2) is 12.3 Å². The summed E-state index contributed by atoms with van der Waals surface area (Å²) >= 11 is 0. The molecule has 1 rings (SSSR count). The second-order valence-corrected chi connectivity index (χ2v) is 4.22. The van der Waals surface area contributed by atoms with E-state index in [2.05, 4.69) is 20.4 Å². The predicted octanol–water partition coefficient (Wildman–Crippen LogP) is 2.62. The van der Waals surface area contributed by atoms with Gasteiger partial charge in [-0.05, 0) is 19.8 Å². The normalized spacial score (nSPS) is 22.6. The van der Waals surface area contributed by atoms with Crippen LogP contribution < -0.4 is 0 Å². The molecular weight excluding hydrogens is 148 g/mol. The van der Waals surface area contributed by atoms with Gasteiger partial charge in [0.05, 0.1) is 0 Å². The molecule has 0 aliphatic carbocycles. The van der Waals surface area contributed by atoms with Crippen molar-refractivity contribution in [3.63, 3.8) is 0 Å². The van der Waals surface area contributed by atoms with Gasteiger partial charge >= 0.3 is 0 Å². The van der Waals surface area contributed by atoms with E-state index in [1.165, 1.54) is 6.42 Å². The molecule has 1 fully saturated rings. The van der Waals surface area contributed by atoms with E-state index in [9.17, 15) is 0 Å². The third-order valence-electron chi connectivity index (χ3n) is 2.56. The molecule has 0 aromatic heterocycles. The second-order valence-electron chi connectivity index (χ2n) is 4.22. The largest absolute Gasteiger partial charge is 0.335 e. The van der Waals surface area contributed by atoms with Crippen LogP contribution in [0.3, 0.4) is 0 Å². The van der Waals surface area contributed by atoms with Gasteiger partial charge in [-0.2, -0.15) is 0 Å². The first-order valence-electron chi connectivity index (χ1n) is 4.47. The van der Waals surface area contributed by atoms with Crippen LogP contribution in [0.5, 0.6) is 0 Å². The van der Waals surface area contributed by atoms with E-state index in [1.54, 1.807) is 0 Å². The summed E-state index contributed by atoms with van der Waals surface area (Å²) in [7, 11) is 0. The summed E-state index contributed by atoms with van der Waals surface area (Å²) in [5.74, 6) is 0.723. The van der Waals surface area contributed by atoms with Crippen molar-refractivity contribution in [1.29, 1.82) is 5.41 Å². The van der Waals surface area contributed by atoms with E-state index >= 15 is 0 Å². The molecule has 1 aliphatic rings. The van der Waals surface area contributed by atoms with E-state index in [0.29, 0.717) is 0 Å². The summed E-state index contributed by atoms with van der Waals surface area (Å²) in [4.78, 5) is 2.02. The smallest absolute Gasteiger partial charge is 0.106 e. The minimum absolute atomic E-state index is 0.0389. The van der Waals surface area contributed by atoms with Gasteiger partial charge in [0.1, 0.15) is 5.84 Å². The number of piperidine rings is 1. The summed E-state index contributed by atoms with van der Waals surface area (Å²) in [5.41, 5.74) is 1.03. The van der Waals surface area contributed by atoms with Crippen LogP contribution in [0.4, 0.5) is 0 Å². The van der Waals surface area contributed by atoms with E-state index in [-0.39, 0.29) is 5.41 Å². The molecule has 0 spiro atoms. The fourth-order valence-electron chi connectivity index (χ4n) is 1.66. The van der Waals surface area contributed by atoms with Crippen LogP contribution in [0.2, 0.25) is 0 Å². The fourth-order valence-corrected chi connectivity index (χ4v) is 1.66. The van der Waals surface area contributed by atoms with Gasteiger partial charge in [-0.1, -0.05) is 20.4 Å². The van der Waals surface area contributed by atoms with Crippen molar-refractivity contribution in [3.05, 3.63) is 12.3 Å². The molecule has 68 valence electrons. The molecule has 2 nitrogen and oxygen atoms in total. The Labute approximate surface area is 74.8 Å². The van der Waals surface area contributed by atoms with Crippen molar-refractivity contribution in [3.8, 4) is 0 Å². The van der Waals surface area contributed by atoms with Crippen molar-refractivity contribution in [2.45, 2.75) is 33.6 Å². The molecule has 12 heavy (non-hydrogen) atoms. The number of likely N-dealkylation sites (tertiary alicyclic amines) is 1. The molecule has 0 radical (unpaired) electrons. The molecule has 1 heterocycles. The van der Waals surface area contributed by atoms with Gasteiger partial charge < -0.3 is 4.90 Å². The number of allylic oxidation sites excluding steroid dienone is 1. The highest BCUT2D eigenvalue weighted by atomic mass is 15.2. The third-order valence-corrected chi connectivity index (χ3v) is 2.56. The Morgan fingerprint density at radius 1 is 1.58 bits per heavy atom. The first-order chi connectivity index (χ1) is 5.45. The molecule has 0 bridgehead atoms. The quantitative estimate of drug-likeness (QED) is 0.637. The highest BCUT2D eigenvalue weighted by Gasteiger charge is 2.32. The lowest BCUT2D eigenvalue weighted by Gasteiger charge is -2.40. The van der Waals surface area contributed by atoms with Crippen LogP contribution in [0.1, 0.15) is 33.6 Å².